The van der Waals surface area contributed by atoms with Gasteiger partial charge in [-0.05, 0) is 32.2 Å². The number of nitrogens with zero attached hydrogens (tertiary/aromatic N) is 4. The molecule has 2 fully saturated rings. The molecule has 8 heteroatoms. The molecule has 0 radical (unpaired) electrons. The van der Waals surface area contributed by atoms with Crippen LogP contribution in [0.3, 0.4) is 0 Å². The number of hydrogen-bond acceptors (Lipinski definition) is 6. The van der Waals surface area contributed by atoms with Crippen molar-refractivity contribution in [3.8, 4) is 5.75 Å². The summed E-state index contributed by atoms with van der Waals surface area (Å²) in [5.41, 5.74) is 2.54. The van der Waals surface area contributed by atoms with E-state index < -0.39 is 6.04 Å². The normalized spacial score (nSPS) is 26.4. The summed E-state index contributed by atoms with van der Waals surface area (Å²) in [4.78, 5) is 33.7. The Hall–Kier alpha value is -2.94. The molecule has 5 rings (SSSR count). The highest BCUT2D eigenvalue weighted by Crippen LogP contribution is 2.50. The van der Waals surface area contributed by atoms with Gasteiger partial charge in [-0.25, -0.2) is 0 Å². The van der Waals surface area contributed by atoms with Gasteiger partial charge in [-0.1, -0.05) is 30.4 Å². The number of carbonyl (C=O) groups is 1. The molecule has 3 aliphatic rings. The number of hydrogen-bond donors (Lipinski definition) is 1. The fourth-order valence-corrected chi connectivity index (χ4v) is 6.33. The zero-order valence-electron chi connectivity index (χ0n) is 21.3. The molecule has 192 valence electrons. The van der Waals surface area contributed by atoms with E-state index in [1.165, 1.54) is 0 Å². The number of allylic oxidation sites excluding steroid dienone is 1. The van der Waals surface area contributed by atoms with Crippen LogP contribution in [0.15, 0.2) is 47.3 Å². The molecule has 0 bridgehead atoms. The molecular weight excluding hydrogens is 456 g/mol. The summed E-state index contributed by atoms with van der Waals surface area (Å²) < 4.78 is 7.48. The van der Waals surface area contributed by atoms with Crippen molar-refractivity contribution in [3.05, 3.63) is 69.6 Å². The second-order valence-electron chi connectivity index (χ2n) is 10.1. The number of piperazine rings is 1. The van der Waals surface area contributed by atoms with Crippen molar-refractivity contribution in [2.75, 3.05) is 46.9 Å². The molecule has 1 amide bonds. The van der Waals surface area contributed by atoms with Crippen molar-refractivity contribution in [3.63, 3.8) is 0 Å². The molecule has 4 atom stereocenters. The van der Waals surface area contributed by atoms with E-state index in [1.807, 2.05) is 64.9 Å². The van der Waals surface area contributed by atoms with E-state index in [1.54, 1.807) is 7.11 Å². The minimum Gasteiger partial charge on any atom is -0.496 e. The van der Waals surface area contributed by atoms with Crippen LogP contribution in [0.5, 0.6) is 5.75 Å². The Bertz CT molecular complexity index is 1200. The third-order valence-electron chi connectivity index (χ3n) is 8.18. The number of fused-ring (bicyclic) bond motifs is 3. The van der Waals surface area contributed by atoms with Crippen LogP contribution in [0.25, 0.3) is 6.08 Å². The van der Waals surface area contributed by atoms with Gasteiger partial charge in [-0.2, -0.15) is 0 Å². The highest BCUT2D eigenvalue weighted by Gasteiger charge is 2.56. The number of aliphatic hydroxyl groups is 1. The number of pyridine rings is 1. The summed E-state index contributed by atoms with van der Waals surface area (Å²) in [5, 5.41) is 10.6. The average Bonchev–Trinajstić information content (AvgIpc) is 3.41. The maximum Gasteiger partial charge on any atom is 0.258 e. The summed E-state index contributed by atoms with van der Waals surface area (Å²) >= 11 is 0. The van der Waals surface area contributed by atoms with Crippen LogP contribution in [0.2, 0.25) is 0 Å². The Morgan fingerprint density at radius 3 is 2.58 bits per heavy atom. The van der Waals surface area contributed by atoms with Gasteiger partial charge in [0.15, 0.2) is 0 Å². The van der Waals surface area contributed by atoms with Gasteiger partial charge in [-0.3, -0.25) is 14.5 Å². The zero-order valence-corrected chi connectivity index (χ0v) is 21.3. The van der Waals surface area contributed by atoms with E-state index in [9.17, 15) is 14.7 Å². The Balaban J connectivity index is 1.58. The number of likely N-dealkylation sites (N-methyl/N-ethyl adjacent to an activating group) is 1. The molecule has 1 N–H and O–H groups in total. The second kappa shape index (κ2) is 10.2. The molecule has 1 aromatic carbocycles. The van der Waals surface area contributed by atoms with Crippen molar-refractivity contribution in [1.82, 2.24) is 19.3 Å². The van der Waals surface area contributed by atoms with Crippen LogP contribution in [0.1, 0.15) is 29.8 Å². The van der Waals surface area contributed by atoms with E-state index in [-0.39, 0.29) is 36.0 Å². The SMILES string of the molecule is C/C=C\c1ccc2n(c1=O)C[C@H]1[C@H](CO)[C@@H](C(=O)N3CCN(C)CC3)N(Cc3ccccc3OC)[C@@H]21. The summed E-state index contributed by atoms with van der Waals surface area (Å²) in [5.74, 6) is 0.554. The Morgan fingerprint density at radius 1 is 1.14 bits per heavy atom. The number of rotatable bonds is 6. The third kappa shape index (κ3) is 4.17. The van der Waals surface area contributed by atoms with Crippen molar-refractivity contribution < 1.29 is 14.6 Å². The van der Waals surface area contributed by atoms with Gasteiger partial charge in [0, 0.05) is 74.5 Å². The minimum absolute atomic E-state index is 0.0177. The van der Waals surface area contributed by atoms with E-state index in [4.69, 9.17) is 4.74 Å². The van der Waals surface area contributed by atoms with Crippen molar-refractivity contribution in [1.29, 1.82) is 0 Å². The summed E-state index contributed by atoms with van der Waals surface area (Å²) in [6, 6.07) is 11.2. The molecule has 1 aromatic heterocycles. The highest BCUT2D eigenvalue weighted by atomic mass is 16.5. The topological polar surface area (TPSA) is 78.2 Å². The first-order valence-electron chi connectivity index (χ1n) is 12.8. The van der Waals surface area contributed by atoms with Gasteiger partial charge in [0.2, 0.25) is 5.91 Å². The minimum atomic E-state index is -0.461. The fourth-order valence-electron chi connectivity index (χ4n) is 6.33. The lowest BCUT2D eigenvalue weighted by molar-refractivity contribution is -0.140. The Labute approximate surface area is 212 Å². The largest absolute Gasteiger partial charge is 0.496 e. The Kier molecular flexibility index (Phi) is 7.01. The lowest BCUT2D eigenvalue weighted by Gasteiger charge is -2.38. The molecule has 4 heterocycles. The number of carbonyl (C=O) groups excluding carboxylic acids is 1. The van der Waals surface area contributed by atoms with E-state index in [0.717, 1.165) is 30.1 Å². The number of methoxy groups -OCH3 is 1. The Morgan fingerprint density at radius 2 is 1.89 bits per heavy atom. The maximum atomic E-state index is 14.0. The van der Waals surface area contributed by atoms with Crippen LogP contribution in [-0.2, 0) is 17.9 Å². The van der Waals surface area contributed by atoms with Crippen LogP contribution in [0.4, 0.5) is 0 Å². The molecule has 0 aliphatic carbocycles. The molecule has 0 unspecified atom stereocenters. The molecule has 3 aliphatic heterocycles. The molecule has 0 spiro atoms. The van der Waals surface area contributed by atoms with Crippen molar-refractivity contribution in [2.24, 2.45) is 11.8 Å². The van der Waals surface area contributed by atoms with E-state index >= 15 is 0 Å². The first-order chi connectivity index (χ1) is 17.5. The molecule has 8 nitrogen and oxygen atoms in total. The number of aromatic nitrogens is 1. The van der Waals surface area contributed by atoms with Crippen LogP contribution in [0, 0.1) is 11.8 Å². The summed E-state index contributed by atoms with van der Waals surface area (Å²) in [7, 11) is 3.73. The third-order valence-corrected chi connectivity index (χ3v) is 8.18. The second-order valence-corrected chi connectivity index (χ2v) is 10.1. The van der Waals surface area contributed by atoms with Gasteiger partial charge >= 0.3 is 0 Å². The predicted molar refractivity (Wildman–Crippen MR) is 139 cm³/mol. The van der Waals surface area contributed by atoms with Gasteiger partial charge < -0.3 is 24.2 Å². The molecule has 36 heavy (non-hydrogen) atoms. The van der Waals surface area contributed by atoms with Crippen LogP contribution >= 0.6 is 0 Å². The van der Waals surface area contributed by atoms with E-state index in [0.29, 0.717) is 31.7 Å². The fraction of sp³-hybridized carbons (Fsp3) is 0.500. The summed E-state index contributed by atoms with van der Waals surface area (Å²) in [6.07, 6.45) is 3.70. The van der Waals surface area contributed by atoms with Crippen molar-refractivity contribution >= 4 is 12.0 Å². The van der Waals surface area contributed by atoms with Gasteiger partial charge in [-0.15, -0.1) is 0 Å². The quantitative estimate of drug-likeness (QED) is 0.663. The van der Waals surface area contributed by atoms with Gasteiger partial charge in [0.05, 0.1) is 19.2 Å². The number of para-hydroxylation sites is 1. The average molecular weight is 493 g/mol. The van der Waals surface area contributed by atoms with Gasteiger partial charge in [0.1, 0.15) is 5.75 Å². The van der Waals surface area contributed by atoms with Crippen molar-refractivity contribution in [2.45, 2.75) is 32.1 Å². The molecule has 0 saturated carbocycles. The number of benzene rings is 1. The van der Waals surface area contributed by atoms with Crippen LogP contribution in [-0.4, -0.2) is 83.3 Å². The maximum absolute atomic E-state index is 14.0. The molecule has 2 aromatic rings. The van der Waals surface area contributed by atoms with E-state index in [2.05, 4.69) is 16.8 Å². The lowest BCUT2D eigenvalue weighted by atomic mass is 9.88. The number of likely N-dealkylation sites (tertiary alicyclic amines) is 1. The number of amides is 1. The zero-order chi connectivity index (χ0) is 25.4. The standard InChI is InChI=1S/C28H36N4O4/c1-4-7-19-10-11-23-25-21(17-31(23)27(19)34)22(18-33)26(28(35)30-14-12-29(2)13-15-30)32(25)16-20-8-5-6-9-24(20)36-3/h4-11,21-22,25-26,33H,12-18H2,1-3H3/b7-4-/t21-,22-,25+,26-/m0/s1. The molecule has 2 saturated heterocycles. The highest BCUT2D eigenvalue weighted by molar-refractivity contribution is 5.83. The molecular formula is C28H36N4O4. The number of aliphatic hydroxyl groups excluding tert-OH is 1. The lowest BCUT2D eigenvalue weighted by Crippen LogP contribution is -2.55. The monoisotopic (exact) mass is 492 g/mol. The smallest absolute Gasteiger partial charge is 0.258 e. The van der Waals surface area contributed by atoms with Crippen LogP contribution < -0.4 is 10.3 Å². The van der Waals surface area contributed by atoms with Gasteiger partial charge in [0.25, 0.3) is 5.56 Å². The predicted octanol–water partition coefficient (Wildman–Crippen LogP) is 1.83. The summed E-state index contributed by atoms with van der Waals surface area (Å²) in [6.45, 7) is 5.85. The first-order valence-corrected chi connectivity index (χ1v) is 12.8. The number of ether oxygens (including phenoxy) is 1. The first kappa shape index (κ1) is 24.7.